The number of amides is 2. The van der Waals surface area contributed by atoms with Gasteiger partial charge in [0, 0.05) is 23.0 Å². The molecule has 0 saturated heterocycles. The van der Waals surface area contributed by atoms with Crippen molar-refractivity contribution in [1.82, 2.24) is 5.32 Å². The van der Waals surface area contributed by atoms with Crippen molar-refractivity contribution in [2.24, 2.45) is 0 Å². The highest BCUT2D eigenvalue weighted by Crippen LogP contribution is 2.25. The van der Waals surface area contributed by atoms with Crippen LogP contribution in [0.4, 0.5) is 14.5 Å². The van der Waals surface area contributed by atoms with E-state index in [9.17, 15) is 18.4 Å². The molecule has 25 heavy (non-hydrogen) atoms. The summed E-state index contributed by atoms with van der Waals surface area (Å²) in [4.78, 5) is 23.8. The lowest BCUT2D eigenvalue weighted by molar-refractivity contribution is -0.116. The van der Waals surface area contributed by atoms with E-state index in [1.165, 1.54) is 18.2 Å². The van der Waals surface area contributed by atoms with Crippen LogP contribution in [0.1, 0.15) is 16.8 Å². The molecule has 0 fully saturated rings. The zero-order valence-corrected chi connectivity index (χ0v) is 14.6. The topological polar surface area (TPSA) is 67.4 Å². The van der Waals surface area contributed by atoms with Gasteiger partial charge in [0.05, 0.1) is 5.69 Å². The largest absolute Gasteiger partial charge is 0.433 e. The molecule has 0 aliphatic rings. The fraction of sp³-hybridized carbons (Fsp3) is 0.176. The maximum atomic E-state index is 12.3. The summed E-state index contributed by atoms with van der Waals surface area (Å²) in [5.74, 6) is -0.854. The summed E-state index contributed by atoms with van der Waals surface area (Å²) in [7, 11) is 0. The Kier molecular flexibility index (Phi) is 6.88. The maximum Gasteiger partial charge on any atom is 0.387 e. The summed E-state index contributed by atoms with van der Waals surface area (Å²) < 4.78 is 29.8. The molecule has 5 nitrogen and oxygen atoms in total. The van der Waals surface area contributed by atoms with Gasteiger partial charge in [-0.2, -0.15) is 8.78 Å². The van der Waals surface area contributed by atoms with Crippen LogP contribution in [-0.4, -0.2) is 25.0 Å². The van der Waals surface area contributed by atoms with E-state index >= 15 is 0 Å². The van der Waals surface area contributed by atoms with Gasteiger partial charge in [0.25, 0.3) is 5.91 Å². The number of benzene rings is 2. The van der Waals surface area contributed by atoms with Gasteiger partial charge in [-0.1, -0.05) is 28.1 Å². The van der Waals surface area contributed by atoms with Crippen molar-refractivity contribution < 1.29 is 23.1 Å². The van der Waals surface area contributed by atoms with E-state index in [1.54, 1.807) is 30.3 Å². The lowest BCUT2D eigenvalue weighted by Gasteiger charge is -2.11. The Bertz CT molecular complexity index is 739. The van der Waals surface area contributed by atoms with Gasteiger partial charge in [0.15, 0.2) is 0 Å². The number of nitrogens with one attached hydrogen (secondary N) is 2. The van der Waals surface area contributed by atoms with Gasteiger partial charge in [-0.05, 0) is 36.4 Å². The highest BCUT2D eigenvalue weighted by Gasteiger charge is 2.12. The SMILES string of the molecule is O=C(CCNC(=O)c1ccc(Br)cc1)Nc1ccccc1OC(F)F. The molecule has 132 valence electrons. The number of para-hydroxylation sites is 2. The van der Waals surface area contributed by atoms with Crippen LogP contribution in [0.15, 0.2) is 53.0 Å². The molecule has 2 rings (SSSR count). The summed E-state index contributed by atoms with van der Waals surface area (Å²) in [6.07, 6.45) is -0.00865. The summed E-state index contributed by atoms with van der Waals surface area (Å²) in [6, 6.07) is 12.7. The molecule has 2 amide bonds. The first-order valence-corrected chi connectivity index (χ1v) is 8.12. The number of anilines is 1. The molecule has 0 bridgehead atoms. The second-order valence-corrected chi connectivity index (χ2v) is 5.85. The summed E-state index contributed by atoms with van der Waals surface area (Å²) in [5, 5.41) is 5.10. The number of alkyl halides is 2. The molecular weight excluding hydrogens is 398 g/mol. The highest BCUT2D eigenvalue weighted by molar-refractivity contribution is 9.10. The number of hydrogen-bond acceptors (Lipinski definition) is 3. The van der Waals surface area contributed by atoms with Crippen LogP contribution in [0, 0.1) is 0 Å². The number of carbonyl (C=O) groups excluding carboxylic acids is 2. The molecule has 0 aliphatic carbocycles. The molecule has 8 heteroatoms. The molecule has 0 unspecified atom stereocenters. The zero-order valence-electron chi connectivity index (χ0n) is 13.0. The van der Waals surface area contributed by atoms with E-state index in [0.717, 1.165) is 4.47 Å². The third kappa shape index (κ3) is 6.15. The van der Waals surface area contributed by atoms with Crippen LogP contribution in [0.5, 0.6) is 5.75 Å². The lowest BCUT2D eigenvalue weighted by Crippen LogP contribution is -2.27. The molecule has 0 heterocycles. The van der Waals surface area contributed by atoms with Crippen molar-refractivity contribution in [1.29, 1.82) is 0 Å². The second kappa shape index (κ2) is 9.12. The summed E-state index contributed by atoms with van der Waals surface area (Å²) in [5.41, 5.74) is 0.617. The van der Waals surface area contributed by atoms with Gasteiger partial charge >= 0.3 is 6.61 Å². The molecular formula is C17H15BrF2N2O3. The molecule has 0 saturated carbocycles. The smallest absolute Gasteiger partial charge is 0.387 e. The highest BCUT2D eigenvalue weighted by atomic mass is 79.9. The van der Waals surface area contributed by atoms with Gasteiger partial charge in [0.1, 0.15) is 5.75 Å². The number of rotatable bonds is 7. The van der Waals surface area contributed by atoms with Crippen LogP contribution < -0.4 is 15.4 Å². The Morgan fingerprint density at radius 3 is 2.44 bits per heavy atom. The minimum Gasteiger partial charge on any atom is -0.433 e. The van der Waals surface area contributed by atoms with Crippen molar-refractivity contribution >= 4 is 33.4 Å². The first kappa shape index (κ1) is 18.9. The molecule has 2 aromatic carbocycles. The van der Waals surface area contributed by atoms with Crippen LogP contribution in [-0.2, 0) is 4.79 Å². The second-order valence-electron chi connectivity index (χ2n) is 4.94. The maximum absolute atomic E-state index is 12.3. The Labute approximate surface area is 151 Å². The molecule has 2 aromatic rings. The van der Waals surface area contributed by atoms with Gasteiger partial charge in [-0.3, -0.25) is 9.59 Å². The number of hydrogen-bond donors (Lipinski definition) is 2. The van der Waals surface area contributed by atoms with Crippen molar-refractivity contribution in [3.63, 3.8) is 0 Å². The van der Waals surface area contributed by atoms with Gasteiger partial charge < -0.3 is 15.4 Å². The Hall–Kier alpha value is -2.48. The zero-order chi connectivity index (χ0) is 18.2. The van der Waals surface area contributed by atoms with Crippen LogP contribution in [0.3, 0.4) is 0 Å². The lowest BCUT2D eigenvalue weighted by atomic mass is 10.2. The fourth-order valence-corrected chi connectivity index (χ4v) is 2.24. The Morgan fingerprint density at radius 2 is 1.76 bits per heavy atom. The van der Waals surface area contributed by atoms with E-state index in [1.807, 2.05) is 0 Å². The van der Waals surface area contributed by atoms with Crippen LogP contribution in [0.25, 0.3) is 0 Å². The molecule has 0 radical (unpaired) electrons. The Balaban J connectivity index is 1.83. The van der Waals surface area contributed by atoms with Gasteiger partial charge in [0.2, 0.25) is 5.91 Å². The van der Waals surface area contributed by atoms with E-state index < -0.39 is 12.5 Å². The van der Waals surface area contributed by atoms with Crippen molar-refractivity contribution in [2.75, 3.05) is 11.9 Å². The van der Waals surface area contributed by atoms with E-state index in [4.69, 9.17) is 0 Å². The molecule has 0 atom stereocenters. The minimum absolute atomic E-state index is 0.00865. The van der Waals surface area contributed by atoms with E-state index in [0.29, 0.717) is 5.56 Å². The summed E-state index contributed by atoms with van der Waals surface area (Å²) >= 11 is 3.28. The minimum atomic E-state index is -2.98. The normalized spacial score (nSPS) is 10.4. The predicted molar refractivity (Wildman–Crippen MR) is 92.8 cm³/mol. The first-order valence-electron chi connectivity index (χ1n) is 7.33. The van der Waals surface area contributed by atoms with E-state index in [2.05, 4.69) is 31.3 Å². The first-order chi connectivity index (χ1) is 12.0. The quantitative estimate of drug-likeness (QED) is 0.726. The third-order valence-electron chi connectivity index (χ3n) is 3.12. The number of carbonyl (C=O) groups is 2. The average Bonchev–Trinajstić information content (AvgIpc) is 2.56. The summed E-state index contributed by atoms with van der Waals surface area (Å²) in [6.45, 7) is -2.87. The monoisotopic (exact) mass is 412 g/mol. The molecule has 0 aliphatic heterocycles. The molecule has 0 aromatic heterocycles. The predicted octanol–water partition coefficient (Wildman–Crippen LogP) is 3.81. The van der Waals surface area contributed by atoms with E-state index in [-0.39, 0.29) is 30.3 Å². The Morgan fingerprint density at radius 1 is 1.08 bits per heavy atom. The fourth-order valence-electron chi connectivity index (χ4n) is 1.97. The van der Waals surface area contributed by atoms with Crippen molar-refractivity contribution in [3.8, 4) is 5.75 Å². The van der Waals surface area contributed by atoms with Crippen molar-refractivity contribution in [3.05, 3.63) is 58.6 Å². The third-order valence-corrected chi connectivity index (χ3v) is 3.65. The average molecular weight is 413 g/mol. The van der Waals surface area contributed by atoms with Crippen LogP contribution >= 0.6 is 15.9 Å². The number of halogens is 3. The van der Waals surface area contributed by atoms with Gasteiger partial charge in [-0.15, -0.1) is 0 Å². The van der Waals surface area contributed by atoms with Crippen molar-refractivity contribution in [2.45, 2.75) is 13.0 Å². The van der Waals surface area contributed by atoms with Gasteiger partial charge in [-0.25, -0.2) is 0 Å². The molecule has 0 spiro atoms. The van der Waals surface area contributed by atoms with Crippen LogP contribution in [0.2, 0.25) is 0 Å². The number of ether oxygens (including phenoxy) is 1. The standard InChI is InChI=1S/C17H15BrF2N2O3/c18-12-7-5-11(6-8-12)16(24)21-10-9-15(23)22-13-3-1-2-4-14(13)25-17(19)20/h1-8,17H,9-10H2,(H,21,24)(H,22,23). The molecule has 2 N–H and O–H groups in total.